The van der Waals surface area contributed by atoms with Gasteiger partial charge >= 0.3 is 12.1 Å². The first kappa shape index (κ1) is 17.2. The molecule has 1 aromatic rings. The van der Waals surface area contributed by atoms with Gasteiger partial charge in [-0.25, -0.2) is 9.18 Å². The number of halogens is 4. The SMILES string of the molecule is CCOC(=O)C(F)[C@H](N)c1ccc(OC)cc1C(F)(F)F. The van der Waals surface area contributed by atoms with E-state index in [0.29, 0.717) is 6.07 Å². The number of alkyl halides is 4. The van der Waals surface area contributed by atoms with E-state index < -0.39 is 35.5 Å². The topological polar surface area (TPSA) is 61.5 Å². The number of benzene rings is 1. The monoisotopic (exact) mass is 309 g/mol. The minimum Gasteiger partial charge on any atom is -0.497 e. The van der Waals surface area contributed by atoms with Crippen LogP contribution in [0.1, 0.15) is 24.1 Å². The van der Waals surface area contributed by atoms with Gasteiger partial charge in [0.05, 0.1) is 25.3 Å². The molecule has 0 saturated carbocycles. The van der Waals surface area contributed by atoms with Crippen molar-refractivity contribution in [2.75, 3.05) is 13.7 Å². The van der Waals surface area contributed by atoms with Crippen LogP contribution in [0, 0.1) is 0 Å². The van der Waals surface area contributed by atoms with Crippen LogP contribution in [0.5, 0.6) is 5.75 Å². The molecule has 8 heteroatoms. The molecular formula is C13H15F4NO3. The van der Waals surface area contributed by atoms with E-state index in [4.69, 9.17) is 10.5 Å². The smallest absolute Gasteiger partial charge is 0.416 e. The third kappa shape index (κ3) is 4.07. The minimum atomic E-state index is -4.75. The Morgan fingerprint density at radius 2 is 2.00 bits per heavy atom. The van der Waals surface area contributed by atoms with Gasteiger partial charge < -0.3 is 15.2 Å². The zero-order chi connectivity index (χ0) is 16.2. The first-order valence-electron chi connectivity index (χ1n) is 6.03. The van der Waals surface area contributed by atoms with Crippen LogP contribution in [-0.2, 0) is 15.7 Å². The fourth-order valence-corrected chi connectivity index (χ4v) is 1.72. The lowest BCUT2D eigenvalue weighted by atomic mass is 9.97. The zero-order valence-electron chi connectivity index (χ0n) is 11.4. The fraction of sp³-hybridized carbons (Fsp3) is 0.462. The van der Waals surface area contributed by atoms with Crippen molar-refractivity contribution in [3.8, 4) is 5.75 Å². The molecular weight excluding hydrogens is 294 g/mol. The number of hydrogen-bond acceptors (Lipinski definition) is 4. The molecule has 4 nitrogen and oxygen atoms in total. The summed E-state index contributed by atoms with van der Waals surface area (Å²) in [5.74, 6) is -1.35. The van der Waals surface area contributed by atoms with Crippen LogP contribution in [-0.4, -0.2) is 25.9 Å². The molecule has 1 unspecified atom stereocenters. The summed E-state index contributed by atoms with van der Waals surface area (Å²) in [4.78, 5) is 11.3. The van der Waals surface area contributed by atoms with Crippen LogP contribution in [0.3, 0.4) is 0 Å². The molecule has 0 aliphatic carbocycles. The number of esters is 1. The van der Waals surface area contributed by atoms with E-state index in [0.717, 1.165) is 6.07 Å². The summed E-state index contributed by atoms with van der Waals surface area (Å²) < 4.78 is 61.9. The molecule has 0 aliphatic heterocycles. The van der Waals surface area contributed by atoms with Gasteiger partial charge in [0, 0.05) is 0 Å². The maximum absolute atomic E-state index is 13.8. The van der Waals surface area contributed by atoms with Crippen LogP contribution in [0.4, 0.5) is 17.6 Å². The molecule has 1 aromatic carbocycles. The summed E-state index contributed by atoms with van der Waals surface area (Å²) in [5.41, 5.74) is 3.75. The second kappa shape index (κ2) is 6.75. The van der Waals surface area contributed by atoms with Crippen molar-refractivity contribution in [3.63, 3.8) is 0 Å². The lowest BCUT2D eigenvalue weighted by Crippen LogP contribution is -2.33. The zero-order valence-corrected chi connectivity index (χ0v) is 11.4. The third-order valence-corrected chi connectivity index (χ3v) is 2.75. The summed E-state index contributed by atoms with van der Waals surface area (Å²) >= 11 is 0. The minimum absolute atomic E-state index is 0.0511. The maximum atomic E-state index is 13.8. The Bertz CT molecular complexity index is 505. The number of ether oxygens (including phenoxy) is 2. The number of hydrogen-bond donors (Lipinski definition) is 1. The van der Waals surface area contributed by atoms with Gasteiger partial charge in [0.25, 0.3) is 0 Å². The van der Waals surface area contributed by atoms with Crippen LogP contribution < -0.4 is 10.5 Å². The van der Waals surface area contributed by atoms with Gasteiger partial charge in [-0.2, -0.15) is 13.2 Å². The highest BCUT2D eigenvalue weighted by Crippen LogP contribution is 2.37. The van der Waals surface area contributed by atoms with Gasteiger partial charge in [0.15, 0.2) is 0 Å². The summed E-state index contributed by atoms with van der Waals surface area (Å²) in [6.45, 7) is 1.35. The first-order valence-corrected chi connectivity index (χ1v) is 6.03. The molecule has 2 atom stereocenters. The van der Waals surface area contributed by atoms with E-state index >= 15 is 0 Å². The van der Waals surface area contributed by atoms with Crippen molar-refractivity contribution in [2.45, 2.75) is 25.3 Å². The number of nitrogens with two attached hydrogens (primary N) is 1. The molecule has 0 aliphatic rings. The molecule has 0 amide bonds. The Labute approximate surface area is 118 Å². The highest BCUT2D eigenvalue weighted by atomic mass is 19.4. The Morgan fingerprint density at radius 1 is 1.38 bits per heavy atom. The van der Waals surface area contributed by atoms with E-state index in [1.165, 1.54) is 20.1 Å². The Hall–Kier alpha value is -1.83. The molecule has 2 N–H and O–H groups in total. The lowest BCUT2D eigenvalue weighted by molar-refractivity contribution is -0.150. The number of rotatable bonds is 5. The number of methoxy groups -OCH3 is 1. The summed E-state index contributed by atoms with van der Waals surface area (Å²) in [6, 6.07) is 1.11. The van der Waals surface area contributed by atoms with E-state index in [9.17, 15) is 22.4 Å². The average Bonchev–Trinajstić information content (AvgIpc) is 2.44. The van der Waals surface area contributed by atoms with E-state index in [-0.39, 0.29) is 12.4 Å². The molecule has 0 aromatic heterocycles. The third-order valence-electron chi connectivity index (χ3n) is 2.75. The van der Waals surface area contributed by atoms with E-state index in [1.807, 2.05) is 0 Å². The number of carbonyl (C=O) groups excluding carboxylic acids is 1. The van der Waals surface area contributed by atoms with Crippen molar-refractivity contribution >= 4 is 5.97 Å². The van der Waals surface area contributed by atoms with Gasteiger partial charge in [0.2, 0.25) is 6.17 Å². The van der Waals surface area contributed by atoms with Crippen LogP contribution in [0.2, 0.25) is 0 Å². The predicted molar refractivity (Wildman–Crippen MR) is 66.5 cm³/mol. The molecule has 0 bridgehead atoms. The van der Waals surface area contributed by atoms with Gasteiger partial charge in [-0.15, -0.1) is 0 Å². The van der Waals surface area contributed by atoms with Crippen molar-refractivity contribution < 1.29 is 31.8 Å². The maximum Gasteiger partial charge on any atom is 0.416 e. The average molecular weight is 309 g/mol. The second-order valence-electron chi connectivity index (χ2n) is 4.13. The van der Waals surface area contributed by atoms with Crippen LogP contribution in [0.25, 0.3) is 0 Å². The molecule has 0 spiro atoms. The van der Waals surface area contributed by atoms with Crippen molar-refractivity contribution in [2.24, 2.45) is 5.73 Å². The van der Waals surface area contributed by atoms with E-state index in [2.05, 4.69) is 4.74 Å². The highest BCUT2D eigenvalue weighted by Gasteiger charge is 2.38. The molecule has 0 heterocycles. The summed E-state index contributed by atoms with van der Waals surface area (Å²) in [6.07, 6.45) is -7.14. The van der Waals surface area contributed by atoms with Crippen molar-refractivity contribution in [1.82, 2.24) is 0 Å². The fourth-order valence-electron chi connectivity index (χ4n) is 1.72. The van der Waals surface area contributed by atoms with E-state index in [1.54, 1.807) is 0 Å². The molecule has 118 valence electrons. The molecule has 0 radical (unpaired) electrons. The van der Waals surface area contributed by atoms with Gasteiger partial charge in [-0.3, -0.25) is 0 Å². The number of carbonyl (C=O) groups is 1. The predicted octanol–water partition coefficient (Wildman–Crippen LogP) is 2.62. The Balaban J connectivity index is 3.20. The normalized spacial score (nSPS) is 14.4. The largest absolute Gasteiger partial charge is 0.497 e. The van der Waals surface area contributed by atoms with Crippen LogP contribution in [0.15, 0.2) is 18.2 Å². The molecule has 0 fully saturated rings. The summed E-state index contributed by atoms with van der Waals surface area (Å²) in [5, 5.41) is 0. The second-order valence-corrected chi connectivity index (χ2v) is 4.13. The molecule has 21 heavy (non-hydrogen) atoms. The van der Waals surface area contributed by atoms with Gasteiger partial charge in [-0.1, -0.05) is 6.07 Å². The highest BCUT2D eigenvalue weighted by molar-refractivity contribution is 5.76. The standard InChI is InChI=1S/C13H15F4NO3/c1-3-21-12(19)10(14)11(18)8-5-4-7(20-2)6-9(8)13(15,16)17/h4-6,10-11H,3,18H2,1-2H3/t10?,11-/m1/s1. The van der Waals surface area contributed by atoms with Gasteiger partial charge in [-0.05, 0) is 24.6 Å². The van der Waals surface area contributed by atoms with Crippen molar-refractivity contribution in [1.29, 1.82) is 0 Å². The van der Waals surface area contributed by atoms with Crippen molar-refractivity contribution in [3.05, 3.63) is 29.3 Å². The summed E-state index contributed by atoms with van der Waals surface area (Å²) in [7, 11) is 1.20. The molecule has 1 rings (SSSR count). The lowest BCUT2D eigenvalue weighted by Gasteiger charge is -2.21. The Morgan fingerprint density at radius 3 is 2.48 bits per heavy atom. The Kier molecular flexibility index (Phi) is 5.54. The first-order chi connectivity index (χ1) is 9.72. The van der Waals surface area contributed by atoms with Gasteiger partial charge in [0.1, 0.15) is 5.75 Å². The van der Waals surface area contributed by atoms with Crippen LogP contribution >= 0.6 is 0 Å². The molecule has 0 saturated heterocycles. The quantitative estimate of drug-likeness (QED) is 0.671.